The Morgan fingerprint density at radius 1 is 0.628 bits per heavy atom. The Bertz CT molecular complexity index is 965. The molecule has 0 saturated carbocycles. The maximum atomic E-state index is 12.6. The van der Waals surface area contributed by atoms with Crippen LogP contribution in [0.3, 0.4) is 0 Å². The summed E-state index contributed by atoms with van der Waals surface area (Å²) in [6.07, 6.45) is 32.6. The van der Waals surface area contributed by atoms with E-state index >= 15 is 0 Å². The van der Waals surface area contributed by atoms with Crippen LogP contribution in [0.4, 0.5) is 0 Å². The highest BCUT2D eigenvalue weighted by molar-refractivity contribution is 7.99. The molecule has 0 radical (unpaired) electrons. The van der Waals surface area contributed by atoms with Gasteiger partial charge in [-0.25, -0.2) is 0 Å². The monoisotopic (exact) mass is 606 g/mol. The number of carbonyl (C=O) groups is 1. The van der Waals surface area contributed by atoms with Crippen molar-refractivity contribution in [3.63, 3.8) is 0 Å². The lowest BCUT2D eigenvalue weighted by atomic mass is 10.0. The summed E-state index contributed by atoms with van der Waals surface area (Å²) >= 11 is 1.83. The summed E-state index contributed by atoms with van der Waals surface area (Å²) < 4.78 is 6.00. The molecule has 0 bridgehead atoms. The summed E-state index contributed by atoms with van der Waals surface area (Å²) in [6.45, 7) is 5.23. The molecule has 0 fully saturated rings. The van der Waals surface area contributed by atoms with Gasteiger partial charge in [0, 0.05) is 10.5 Å². The molecule has 0 unspecified atom stereocenters. The van der Waals surface area contributed by atoms with Crippen LogP contribution in [-0.2, 0) is 0 Å². The highest BCUT2D eigenvalue weighted by atomic mass is 32.2. The Morgan fingerprint density at radius 2 is 1.14 bits per heavy atom. The highest BCUT2D eigenvalue weighted by Crippen LogP contribution is 2.20. The second-order valence-electron chi connectivity index (χ2n) is 12.2. The van der Waals surface area contributed by atoms with Crippen molar-refractivity contribution in [1.29, 1.82) is 0 Å². The molecule has 240 valence electrons. The zero-order valence-electron chi connectivity index (χ0n) is 27.8. The molecule has 0 amide bonds. The summed E-state index contributed by atoms with van der Waals surface area (Å²) in [4.78, 5) is 13.8. The second-order valence-corrected chi connectivity index (χ2v) is 13.4. The molecule has 0 aliphatic heterocycles. The van der Waals surface area contributed by atoms with Crippen LogP contribution >= 0.6 is 11.8 Å². The van der Waals surface area contributed by atoms with Crippen LogP contribution in [0.5, 0.6) is 5.75 Å². The van der Waals surface area contributed by atoms with E-state index in [0.717, 1.165) is 42.1 Å². The number of ketones is 1. The first-order chi connectivity index (χ1) is 21.2. The fraction of sp³-hybridized carbons (Fsp3) is 0.625. The van der Waals surface area contributed by atoms with Crippen LogP contribution in [0.1, 0.15) is 165 Å². The highest BCUT2D eigenvalue weighted by Gasteiger charge is 2.03. The average Bonchev–Trinajstić information content (AvgIpc) is 3.03. The fourth-order valence-electron chi connectivity index (χ4n) is 5.46. The number of hydrogen-bond acceptors (Lipinski definition) is 3. The lowest BCUT2D eigenvalue weighted by Crippen LogP contribution is -1.97. The third kappa shape index (κ3) is 19.8. The van der Waals surface area contributed by atoms with Gasteiger partial charge in [0.15, 0.2) is 5.78 Å². The molecule has 0 aliphatic rings. The lowest BCUT2D eigenvalue weighted by molar-refractivity contribution is 0.104. The predicted molar refractivity (Wildman–Crippen MR) is 191 cm³/mol. The van der Waals surface area contributed by atoms with Crippen molar-refractivity contribution in [3.05, 3.63) is 65.7 Å². The molecule has 2 nitrogen and oxygen atoms in total. The molecule has 2 rings (SSSR count). The van der Waals surface area contributed by atoms with E-state index < -0.39 is 0 Å². The zero-order valence-corrected chi connectivity index (χ0v) is 28.6. The minimum atomic E-state index is 0.0303. The largest absolute Gasteiger partial charge is 0.494 e. The second kappa shape index (κ2) is 26.4. The van der Waals surface area contributed by atoms with Gasteiger partial charge in [0.25, 0.3) is 0 Å². The Balaban J connectivity index is 1.42. The van der Waals surface area contributed by atoms with E-state index in [9.17, 15) is 4.79 Å². The van der Waals surface area contributed by atoms with E-state index in [1.807, 2.05) is 66.4 Å². The third-order valence-corrected chi connectivity index (χ3v) is 9.38. The van der Waals surface area contributed by atoms with Crippen molar-refractivity contribution in [2.75, 3.05) is 12.4 Å². The van der Waals surface area contributed by atoms with Crippen LogP contribution in [0.15, 0.2) is 59.5 Å². The Kier molecular flexibility index (Phi) is 22.8. The maximum Gasteiger partial charge on any atom is 0.185 e. The van der Waals surface area contributed by atoms with Crippen molar-refractivity contribution in [2.45, 2.75) is 154 Å². The van der Waals surface area contributed by atoms with Gasteiger partial charge in [0.05, 0.1) is 6.61 Å². The molecule has 0 heterocycles. The van der Waals surface area contributed by atoms with E-state index in [1.54, 1.807) is 6.08 Å². The zero-order chi connectivity index (χ0) is 30.6. The van der Waals surface area contributed by atoms with Crippen LogP contribution in [0.25, 0.3) is 6.08 Å². The number of allylic oxidation sites excluding steroid dienone is 1. The summed E-state index contributed by atoms with van der Waals surface area (Å²) in [6, 6.07) is 16.0. The minimum absolute atomic E-state index is 0.0303. The van der Waals surface area contributed by atoms with Crippen molar-refractivity contribution in [2.24, 2.45) is 0 Å². The first-order valence-corrected chi connectivity index (χ1v) is 18.9. The van der Waals surface area contributed by atoms with Crippen LogP contribution in [-0.4, -0.2) is 18.1 Å². The molecule has 0 spiro atoms. The van der Waals surface area contributed by atoms with Crippen molar-refractivity contribution >= 4 is 23.6 Å². The Labute approximate surface area is 269 Å². The number of hydrogen-bond donors (Lipinski definition) is 0. The van der Waals surface area contributed by atoms with Gasteiger partial charge < -0.3 is 4.74 Å². The van der Waals surface area contributed by atoms with Crippen LogP contribution in [0, 0.1) is 0 Å². The Hall–Kier alpha value is -2.00. The molecule has 2 aromatic rings. The summed E-state index contributed by atoms with van der Waals surface area (Å²) in [7, 11) is 0. The first-order valence-electron chi connectivity index (χ1n) is 17.9. The smallest absolute Gasteiger partial charge is 0.185 e. The molecule has 2 aromatic carbocycles. The third-order valence-electron chi connectivity index (χ3n) is 8.16. The molecule has 0 aromatic heterocycles. The molecule has 0 saturated heterocycles. The van der Waals surface area contributed by atoms with E-state index in [2.05, 4.69) is 13.8 Å². The van der Waals surface area contributed by atoms with E-state index in [-0.39, 0.29) is 5.78 Å². The van der Waals surface area contributed by atoms with Gasteiger partial charge in [-0.2, -0.15) is 0 Å². The summed E-state index contributed by atoms with van der Waals surface area (Å²) in [5, 5.41) is 0. The van der Waals surface area contributed by atoms with E-state index in [0.29, 0.717) is 0 Å². The summed E-state index contributed by atoms with van der Waals surface area (Å²) in [5.41, 5.74) is 1.72. The van der Waals surface area contributed by atoms with Crippen LogP contribution in [0.2, 0.25) is 0 Å². The normalized spacial score (nSPS) is 11.4. The average molecular weight is 607 g/mol. The van der Waals surface area contributed by atoms with Gasteiger partial charge in [0.2, 0.25) is 0 Å². The van der Waals surface area contributed by atoms with E-state index in [1.165, 1.54) is 127 Å². The standard InChI is InChI=1S/C40H62O2S/c1-3-5-6-7-8-9-10-11-12-13-14-15-16-17-18-19-20-21-22-23-33-42-38-26-24-25-36(35-38)27-32-40(41)37-28-30-39(31-29-37)43-34-4-2/h24-32,35H,3-23,33-34H2,1-2H3/b32-27+. The van der Waals surface area contributed by atoms with Crippen molar-refractivity contribution in [3.8, 4) is 5.75 Å². The number of carbonyl (C=O) groups excluding carboxylic acids is 1. The number of thioether (sulfide) groups is 1. The quantitative estimate of drug-likeness (QED) is 0.0417. The topological polar surface area (TPSA) is 26.3 Å². The number of ether oxygens (including phenoxy) is 1. The lowest BCUT2D eigenvalue weighted by Gasteiger charge is -2.07. The first kappa shape index (κ1) is 37.2. The fourth-order valence-corrected chi connectivity index (χ4v) is 6.23. The molecule has 0 aliphatic carbocycles. The number of rotatable bonds is 28. The Morgan fingerprint density at radius 3 is 1.65 bits per heavy atom. The van der Waals surface area contributed by atoms with Gasteiger partial charge in [-0.1, -0.05) is 154 Å². The van der Waals surface area contributed by atoms with Crippen molar-refractivity contribution in [1.82, 2.24) is 0 Å². The van der Waals surface area contributed by atoms with Gasteiger partial charge in [0.1, 0.15) is 5.75 Å². The predicted octanol–water partition coefficient (Wildman–Crippen LogP) is 13.3. The van der Waals surface area contributed by atoms with Gasteiger partial charge in [-0.15, -0.1) is 11.8 Å². The molecular formula is C40H62O2S. The molecule has 0 atom stereocenters. The SMILES string of the molecule is CCCCCCCCCCCCCCCCCCCCCCOc1cccc(/C=C/C(=O)c2ccc(SCCC)cc2)c1. The van der Waals surface area contributed by atoms with Gasteiger partial charge in [-0.05, 0) is 66.6 Å². The van der Waals surface area contributed by atoms with Gasteiger partial charge >= 0.3 is 0 Å². The van der Waals surface area contributed by atoms with Crippen molar-refractivity contribution < 1.29 is 9.53 Å². The number of unbranched alkanes of at least 4 members (excludes halogenated alkanes) is 19. The molecule has 3 heteroatoms. The number of benzene rings is 2. The van der Waals surface area contributed by atoms with E-state index in [4.69, 9.17) is 4.74 Å². The van der Waals surface area contributed by atoms with Gasteiger partial charge in [-0.3, -0.25) is 4.79 Å². The minimum Gasteiger partial charge on any atom is -0.494 e. The molecule has 43 heavy (non-hydrogen) atoms. The maximum absolute atomic E-state index is 12.6. The van der Waals surface area contributed by atoms with Crippen LogP contribution < -0.4 is 4.74 Å². The summed E-state index contributed by atoms with van der Waals surface area (Å²) in [5.74, 6) is 2.01. The molecule has 0 N–H and O–H groups in total. The molecular weight excluding hydrogens is 545 g/mol.